The molecule has 0 fully saturated rings. The summed E-state index contributed by atoms with van der Waals surface area (Å²) >= 11 is 0. The van der Waals surface area contributed by atoms with Crippen LogP contribution in [0.3, 0.4) is 0 Å². The van der Waals surface area contributed by atoms with E-state index in [2.05, 4.69) is 202 Å². The van der Waals surface area contributed by atoms with Gasteiger partial charge in [-0.15, -0.1) is 29.3 Å². The number of hydrogen-bond donors (Lipinski definition) is 1. The van der Waals surface area contributed by atoms with Gasteiger partial charge in [-0.1, -0.05) is 195 Å². The van der Waals surface area contributed by atoms with Gasteiger partial charge in [0.2, 0.25) is 0 Å². The van der Waals surface area contributed by atoms with Gasteiger partial charge in [0.25, 0.3) is 0 Å². The molecule has 0 atom stereocenters. The third-order valence-electron chi connectivity index (χ3n) is 16.5. The summed E-state index contributed by atoms with van der Waals surface area (Å²) in [5.74, 6) is 0.766. The number of nitrogens with zero attached hydrogens (tertiary/aromatic N) is 3. The van der Waals surface area contributed by atoms with Gasteiger partial charge in [0.05, 0.1) is 22.3 Å². The number of aryl methyl sites for hydroxylation is 1. The fourth-order valence-corrected chi connectivity index (χ4v) is 10.6. The molecule has 5 heteroatoms. The van der Waals surface area contributed by atoms with E-state index in [-0.39, 0.29) is 65.9 Å². The van der Waals surface area contributed by atoms with Crippen LogP contribution in [0.25, 0.3) is 72.7 Å². The molecular weight excluding hydrogens is 1080 g/mol. The molecule has 4 nitrogen and oxygen atoms in total. The Morgan fingerprint density at radius 1 is 0.608 bits per heavy atom. The molecule has 8 rings (SSSR count). The minimum atomic E-state index is -2.53. The summed E-state index contributed by atoms with van der Waals surface area (Å²) in [4.78, 5) is 10.5. The standard InChI is InChI=1S/C69H82N3O.Pt/c1-18-68(16,19-2)57-25-23-26-58(69(17,20-3)21-4)62(57)48-30-33-60(45(9)36-48)72-61-27-22-24-54(63(61)71-65(72)56-41-49(43(5)6)40-55(44(7)8)64(56)73)50-37-51(39-53(38-50)67(13,14)15)59-42-47(34-35-70-59)46-28-31-52(32-29-46)66(10,11)12;/h22-36,38-44,73H,18-21H2,1-17H3;/q-1;/i9D3;. The number of fused-ring (bicyclic) bond motifs is 1. The van der Waals surface area contributed by atoms with Crippen molar-refractivity contribution in [3.63, 3.8) is 0 Å². The molecule has 1 N–H and O–H groups in total. The number of rotatable bonds is 14. The van der Waals surface area contributed by atoms with Crippen LogP contribution in [0.2, 0.25) is 0 Å². The summed E-state index contributed by atoms with van der Waals surface area (Å²) in [5, 5.41) is 12.5. The Kier molecular flexibility index (Phi) is 15.1. The fourth-order valence-electron chi connectivity index (χ4n) is 10.6. The summed E-state index contributed by atoms with van der Waals surface area (Å²) in [7, 11) is 0. The molecule has 0 spiro atoms. The molecular formula is C69H82N3OPt-. The van der Waals surface area contributed by atoms with Crippen LogP contribution in [0, 0.1) is 12.9 Å². The molecule has 8 aromatic rings. The second kappa shape index (κ2) is 21.6. The van der Waals surface area contributed by atoms with Crippen molar-refractivity contribution in [2.24, 2.45) is 0 Å². The van der Waals surface area contributed by atoms with E-state index in [0.717, 1.165) is 92.5 Å². The maximum absolute atomic E-state index is 12.5. The van der Waals surface area contributed by atoms with E-state index >= 15 is 0 Å². The van der Waals surface area contributed by atoms with Gasteiger partial charge in [0.1, 0.15) is 11.6 Å². The second-order valence-corrected chi connectivity index (χ2v) is 24.0. The number of hydrogen-bond acceptors (Lipinski definition) is 3. The van der Waals surface area contributed by atoms with Crippen LogP contribution in [0.4, 0.5) is 0 Å². The zero-order valence-corrected chi connectivity index (χ0v) is 49.4. The van der Waals surface area contributed by atoms with E-state index in [1.54, 1.807) is 0 Å². The number of pyridine rings is 1. The number of aromatic nitrogens is 3. The van der Waals surface area contributed by atoms with Gasteiger partial charge in [0.15, 0.2) is 0 Å². The van der Waals surface area contributed by atoms with Crippen molar-refractivity contribution in [3.05, 3.63) is 166 Å². The van der Waals surface area contributed by atoms with E-state index in [0.29, 0.717) is 22.6 Å². The molecule has 390 valence electrons. The van der Waals surface area contributed by atoms with Gasteiger partial charge in [-0.05, 0) is 152 Å². The average Bonchev–Trinajstić information content (AvgIpc) is 3.79. The molecule has 0 bridgehead atoms. The van der Waals surface area contributed by atoms with Crippen molar-refractivity contribution < 1.29 is 30.3 Å². The van der Waals surface area contributed by atoms with Crippen molar-refractivity contribution in [2.45, 2.75) is 177 Å². The summed E-state index contributed by atoms with van der Waals surface area (Å²) in [6.45, 7) is 33.0. The minimum absolute atomic E-state index is 0. The molecule has 74 heavy (non-hydrogen) atoms. The molecule has 6 aromatic carbocycles. The third-order valence-corrected chi connectivity index (χ3v) is 16.5. The topological polar surface area (TPSA) is 50.9 Å². The van der Waals surface area contributed by atoms with Crippen molar-refractivity contribution in [3.8, 4) is 67.5 Å². The zero-order valence-electron chi connectivity index (χ0n) is 50.1. The monoisotopic (exact) mass is 1170 g/mol. The van der Waals surface area contributed by atoms with E-state index in [1.807, 2.05) is 41.1 Å². The number of phenols is 1. The quantitative estimate of drug-likeness (QED) is 0.110. The van der Waals surface area contributed by atoms with Crippen LogP contribution in [0.1, 0.15) is 191 Å². The maximum atomic E-state index is 12.5. The number of benzene rings is 6. The summed E-state index contributed by atoms with van der Waals surface area (Å²) in [6, 6.07) is 44.3. The maximum Gasteiger partial charge on any atom is 0.148 e. The van der Waals surface area contributed by atoms with Crippen LogP contribution in [0.15, 0.2) is 121 Å². The first-order valence-electron chi connectivity index (χ1n) is 28.5. The first-order chi connectivity index (χ1) is 35.7. The predicted octanol–water partition coefficient (Wildman–Crippen LogP) is 19.6. The second-order valence-electron chi connectivity index (χ2n) is 24.0. The number of imidazole rings is 1. The van der Waals surface area contributed by atoms with Gasteiger partial charge in [-0.3, -0.25) is 9.55 Å². The van der Waals surface area contributed by atoms with Gasteiger partial charge in [-0.2, -0.15) is 0 Å². The van der Waals surface area contributed by atoms with E-state index in [9.17, 15) is 9.22 Å². The number of para-hydroxylation sites is 1. The number of aromatic hydroxyl groups is 1. The van der Waals surface area contributed by atoms with Gasteiger partial charge in [-0.25, -0.2) is 4.98 Å². The van der Waals surface area contributed by atoms with Crippen molar-refractivity contribution >= 4 is 11.0 Å². The van der Waals surface area contributed by atoms with Gasteiger partial charge >= 0.3 is 0 Å². The summed E-state index contributed by atoms with van der Waals surface area (Å²) in [5.41, 5.74) is 16.5. The Labute approximate surface area is 464 Å². The van der Waals surface area contributed by atoms with Crippen LogP contribution in [0.5, 0.6) is 5.75 Å². The smallest absolute Gasteiger partial charge is 0.148 e. The molecule has 2 heterocycles. The molecule has 0 aliphatic heterocycles. The molecule has 0 unspecified atom stereocenters. The van der Waals surface area contributed by atoms with Crippen LogP contribution in [-0.4, -0.2) is 19.6 Å². The summed E-state index contributed by atoms with van der Waals surface area (Å²) in [6.07, 6.45) is 5.64. The molecule has 0 amide bonds. The van der Waals surface area contributed by atoms with Gasteiger partial charge < -0.3 is 5.11 Å². The van der Waals surface area contributed by atoms with E-state index in [1.165, 1.54) is 16.7 Å². The van der Waals surface area contributed by atoms with E-state index < -0.39 is 6.85 Å². The third kappa shape index (κ3) is 10.6. The molecule has 0 saturated heterocycles. The van der Waals surface area contributed by atoms with E-state index in [4.69, 9.17) is 9.97 Å². The Hall–Kier alpha value is -5.57. The minimum Gasteiger partial charge on any atom is -0.507 e. The van der Waals surface area contributed by atoms with Gasteiger partial charge in [0, 0.05) is 37.1 Å². The number of phenolic OH excluding ortho intramolecular Hbond substituents is 1. The van der Waals surface area contributed by atoms with Crippen LogP contribution in [-0.2, 0) is 42.7 Å². The Morgan fingerprint density at radius 2 is 1.20 bits per heavy atom. The molecule has 2 aromatic heterocycles. The average molecular weight is 1170 g/mol. The zero-order chi connectivity index (χ0) is 55.4. The summed E-state index contributed by atoms with van der Waals surface area (Å²) < 4.78 is 30.2. The first-order valence-corrected chi connectivity index (χ1v) is 27.0. The van der Waals surface area contributed by atoms with Crippen LogP contribution < -0.4 is 0 Å². The van der Waals surface area contributed by atoms with Crippen molar-refractivity contribution in [2.75, 3.05) is 0 Å². The van der Waals surface area contributed by atoms with Crippen LogP contribution >= 0.6 is 0 Å². The molecule has 0 aliphatic rings. The Bertz CT molecular complexity index is 3380. The SMILES string of the molecule is [2H]C([2H])([2H])c1cc(-c2c(C(C)(CC)CC)cccc2C(C)(CC)CC)ccc1-n1c(-c2cc(C(C)C)cc(C(C)C)c2O)nc2c(-c3[c-]c(-c4cc(-c5ccc(C(C)(C)C)cc5)ccn4)cc(C(C)(C)C)c3)cccc21.[Pt]. The fraction of sp³-hybridized carbons (Fsp3) is 0.391. The molecule has 0 radical (unpaired) electrons. The Balaban J connectivity index is 0.00000861. The molecule has 0 saturated carbocycles. The van der Waals surface area contributed by atoms with Crippen molar-refractivity contribution in [1.29, 1.82) is 0 Å². The molecule has 0 aliphatic carbocycles. The normalized spacial score (nSPS) is 13.3. The Morgan fingerprint density at radius 3 is 1.77 bits per heavy atom. The van der Waals surface area contributed by atoms with Crippen molar-refractivity contribution in [1.82, 2.24) is 14.5 Å². The largest absolute Gasteiger partial charge is 0.507 e. The predicted molar refractivity (Wildman–Crippen MR) is 313 cm³/mol. The first kappa shape index (κ1) is 51.9.